The van der Waals surface area contributed by atoms with E-state index in [-0.39, 0.29) is 5.56 Å². The molecular formula is C10H12FNO4S. The average molecular weight is 261 g/mol. The lowest BCUT2D eigenvalue weighted by atomic mass is 10.0. The van der Waals surface area contributed by atoms with Gasteiger partial charge in [-0.25, -0.2) is 12.8 Å². The maximum absolute atomic E-state index is 13.5. The summed E-state index contributed by atoms with van der Waals surface area (Å²) < 4.78 is 36.3. The van der Waals surface area contributed by atoms with Gasteiger partial charge in [-0.2, -0.15) is 0 Å². The Balaban J connectivity index is 3.34. The second kappa shape index (κ2) is 4.80. The van der Waals surface area contributed by atoms with Crippen molar-refractivity contribution in [2.75, 3.05) is 6.26 Å². The van der Waals surface area contributed by atoms with Crippen molar-refractivity contribution in [2.24, 2.45) is 5.73 Å². The lowest BCUT2D eigenvalue weighted by Gasteiger charge is -2.14. The van der Waals surface area contributed by atoms with Gasteiger partial charge in [-0.05, 0) is 11.6 Å². The molecule has 7 heteroatoms. The molecule has 94 valence electrons. The Kier molecular flexibility index (Phi) is 3.84. The van der Waals surface area contributed by atoms with Gasteiger partial charge in [0.15, 0.2) is 9.84 Å². The third-order valence-corrected chi connectivity index (χ3v) is 3.33. The van der Waals surface area contributed by atoms with Crippen LogP contribution in [0.3, 0.4) is 0 Å². The summed E-state index contributed by atoms with van der Waals surface area (Å²) in [6, 6.07) is 2.54. The summed E-state index contributed by atoms with van der Waals surface area (Å²) in [6.45, 7) is 0. The highest BCUT2D eigenvalue weighted by atomic mass is 32.2. The first-order valence-corrected chi connectivity index (χ1v) is 6.58. The molecule has 0 aliphatic carbocycles. The van der Waals surface area contributed by atoms with Crippen LogP contribution in [0.1, 0.15) is 18.0 Å². The number of carboxylic acid groups (broad SMARTS) is 1. The van der Waals surface area contributed by atoms with Crippen molar-refractivity contribution in [1.29, 1.82) is 0 Å². The lowest BCUT2D eigenvalue weighted by Crippen LogP contribution is -2.19. The van der Waals surface area contributed by atoms with Crippen molar-refractivity contribution < 1.29 is 22.7 Å². The molecule has 0 fully saturated rings. The van der Waals surface area contributed by atoms with E-state index in [2.05, 4.69) is 0 Å². The first kappa shape index (κ1) is 13.6. The van der Waals surface area contributed by atoms with E-state index in [9.17, 15) is 17.6 Å². The number of nitrogens with two attached hydrogens (primary N) is 1. The topological polar surface area (TPSA) is 97.5 Å². The highest BCUT2D eigenvalue weighted by Gasteiger charge is 2.23. The first-order valence-electron chi connectivity index (χ1n) is 4.69. The third-order valence-electron chi connectivity index (χ3n) is 2.16. The Labute approximate surface area is 98.0 Å². The van der Waals surface area contributed by atoms with Gasteiger partial charge in [-0.15, -0.1) is 0 Å². The Morgan fingerprint density at radius 2 is 2.12 bits per heavy atom. The van der Waals surface area contributed by atoms with E-state index in [1.807, 2.05) is 0 Å². The second-order valence-electron chi connectivity index (χ2n) is 3.63. The summed E-state index contributed by atoms with van der Waals surface area (Å²) in [6.07, 6.45) is 0.383. The van der Waals surface area contributed by atoms with E-state index in [4.69, 9.17) is 10.8 Å². The first-order chi connectivity index (χ1) is 7.73. The van der Waals surface area contributed by atoms with Crippen molar-refractivity contribution in [3.05, 3.63) is 29.6 Å². The van der Waals surface area contributed by atoms with Crippen LogP contribution in [0.4, 0.5) is 4.39 Å². The van der Waals surface area contributed by atoms with Crippen LogP contribution in [-0.2, 0) is 14.6 Å². The lowest BCUT2D eigenvalue weighted by molar-refractivity contribution is -0.137. The van der Waals surface area contributed by atoms with Crippen LogP contribution in [0.25, 0.3) is 0 Å². The minimum absolute atomic E-state index is 0.0186. The summed E-state index contributed by atoms with van der Waals surface area (Å²) in [5.74, 6) is -2.10. The van der Waals surface area contributed by atoms with Crippen LogP contribution in [0, 0.1) is 5.82 Å². The predicted molar refractivity (Wildman–Crippen MR) is 58.7 cm³/mol. The largest absolute Gasteiger partial charge is 0.481 e. The van der Waals surface area contributed by atoms with Gasteiger partial charge in [0.05, 0.1) is 6.42 Å². The molecule has 3 N–H and O–H groups in total. The predicted octanol–water partition coefficient (Wildman–Crippen LogP) is 0.704. The van der Waals surface area contributed by atoms with E-state index in [0.29, 0.717) is 0 Å². The molecule has 5 nitrogen and oxygen atoms in total. The maximum atomic E-state index is 13.5. The van der Waals surface area contributed by atoms with E-state index >= 15 is 0 Å². The van der Waals surface area contributed by atoms with Gasteiger partial charge in [-0.3, -0.25) is 4.79 Å². The third kappa shape index (κ3) is 3.24. The molecule has 1 unspecified atom stereocenters. The number of benzene rings is 1. The quantitative estimate of drug-likeness (QED) is 0.831. The zero-order chi connectivity index (χ0) is 13.2. The fraction of sp³-hybridized carbons (Fsp3) is 0.300. The number of carbonyl (C=O) groups is 1. The van der Waals surface area contributed by atoms with Crippen LogP contribution in [-0.4, -0.2) is 25.7 Å². The fourth-order valence-electron chi connectivity index (χ4n) is 1.51. The molecule has 0 heterocycles. The molecule has 1 rings (SSSR count). The number of aliphatic carboxylic acids is 1. The van der Waals surface area contributed by atoms with Gasteiger partial charge < -0.3 is 10.8 Å². The molecule has 0 saturated heterocycles. The van der Waals surface area contributed by atoms with E-state index < -0.39 is 39.0 Å². The molecule has 1 aromatic carbocycles. The van der Waals surface area contributed by atoms with Crippen LogP contribution < -0.4 is 5.73 Å². The number of sulfone groups is 1. The Bertz CT molecular complexity index is 541. The highest BCUT2D eigenvalue weighted by molar-refractivity contribution is 7.90. The summed E-state index contributed by atoms with van der Waals surface area (Å²) in [5, 5.41) is 8.59. The van der Waals surface area contributed by atoms with Crippen LogP contribution in [0.5, 0.6) is 0 Å². The molecule has 17 heavy (non-hydrogen) atoms. The average Bonchev–Trinajstić information content (AvgIpc) is 2.14. The van der Waals surface area contributed by atoms with E-state index in [0.717, 1.165) is 12.3 Å². The molecule has 0 spiro atoms. The van der Waals surface area contributed by atoms with E-state index in [1.54, 1.807) is 0 Å². The number of hydrogen-bond acceptors (Lipinski definition) is 4. The number of carboxylic acids is 1. The SMILES string of the molecule is CS(=O)(=O)c1c(F)cccc1C(N)CC(=O)O. The van der Waals surface area contributed by atoms with E-state index in [1.165, 1.54) is 12.1 Å². The fourth-order valence-corrected chi connectivity index (χ4v) is 2.58. The monoisotopic (exact) mass is 261 g/mol. The maximum Gasteiger partial charge on any atom is 0.305 e. The summed E-state index contributed by atoms with van der Waals surface area (Å²) >= 11 is 0. The van der Waals surface area contributed by atoms with Crippen LogP contribution in [0.15, 0.2) is 23.1 Å². The minimum atomic E-state index is -3.79. The van der Waals surface area contributed by atoms with Crippen molar-refractivity contribution in [2.45, 2.75) is 17.4 Å². The Hall–Kier alpha value is -1.47. The van der Waals surface area contributed by atoms with Crippen molar-refractivity contribution >= 4 is 15.8 Å². The van der Waals surface area contributed by atoms with Crippen molar-refractivity contribution in [1.82, 2.24) is 0 Å². The smallest absolute Gasteiger partial charge is 0.305 e. The van der Waals surface area contributed by atoms with Gasteiger partial charge in [0.2, 0.25) is 0 Å². The number of halogens is 1. The number of hydrogen-bond donors (Lipinski definition) is 2. The van der Waals surface area contributed by atoms with Crippen LogP contribution in [0.2, 0.25) is 0 Å². The summed E-state index contributed by atoms with van der Waals surface area (Å²) in [5.41, 5.74) is 5.53. The molecular weight excluding hydrogens is 249 g/mol. The molecule has 0 aliphatic heterocycles. The molecule has 1 atom stereocenters. The zero-order valence-corrected chi connectivity index (χ0v) is 9.87. The molecule has 0 amide bonds. The Morgan fingerprint density at radius 1 is 1.53 bits per heavy atom. The second-order valence-corrected chi connectivity index (χ2v) is 5.59. The van der Waals surface area contributed by atoms with Gasteiger partial charge in [0.25, 0.3) is 0 Å². The standard InChI is InChI=1S/C10H12FNO4S/c1-17(15,16)10-6(3-2-4-7(10)11)8(12)5-9(13)14/h2-4,8H,5,12H2,1H3,(H,13,14). The summed E-state index contributed by atoms with van der Waals surface area (Å²) in [4.78, 5) is 9.97. The van der Waals surface area contributed by atoms with Gasteiger partial charge >= 0.3 is 5.97 Å². The van der Waals surface area contributed by atoms with Crippen LogP contribution >= 0.6 is 0 Å². The van der Waals surface area contributed by atoms with Crippen molar-refractivity contribution in [3.8, 4) is 0 Å². The molecule has 0 aliphatic rings. The highest BCUT2D eigenvalue weighted by Crippen LogP contribution is 2.25. The van der Waals surface area contributed by atoms with Gasteiger partial charge in [-0.1, -0.05) is 12.1 Å². The molecule has 1 aromatic rings. The summed E-state index contributed by atoms with van der Waals surface area (Å²) in [7, 11) is -3.79. The molecule has 0 radical (unpaired) electrons. The molecule has 0 bridgehead atoms. The molecule has 0 saturated carbocycles. The van der Waals surface area contributed by atoms with Crippen molar-refractivity contribution in [3.63, 3.8) is 0 Å². The Morgan fingerprint density at radius 3 is 2.59 bits per heavy atom. The number of rotatable bonds is 4. The normalized spacial score (nSPS) is 13.4. The zero-order valence-electron chi connectivity index (χ0n) is 9.05. The van der Waals surface area contributed by atoms with Gasteiger partial charge in [0.1, 0.15) is 10.7 Å². The van der Waals surface area contributed by atoms with Gasteiger partial charge in [0, 0.05) is 12.3 Å². The molecule has 0 aromatic heterocycles. The minimum Gasteiger partial charge on any atom is -0.481 e.